The molecule has 0 aliphatic heterocycles. The van der Waals surface area contributed by atoms with Gasteiger partial charge in [0.25, 0.3) is 0 Å². The number of phosphoric ester groups is 1. The van der Waals surface area contributed by atoms with Crippen molar-refractivity contribution >= 4 is 7.82 Å². The molecule has 3 aliphatic carbocycles. The van der Waals surface area contributed by atoms with E-state index in [9.17, 15) is 9.67 Å². The first-order chi connectivity index (χ1) is 11.3. The van der Waals surface area contributed by atoms with Crippen molar-refractivity contribution in [1.82, 2.24) is 0 Å². The highest BCUT2D eigenvalue weighted by molar-refractivity contribution is 7.46. The number of aliphatic hydroxyl groups excluding tert-OH is 1. The second kappa shape index (κ2) is 5.57. The summed E-state index contributed by atoms with van der Waals surface area (Å²) in [5.74, 6) is 1.95. The first kappa shape index (κ1) is 16.6. The smallest absolute Gasteiger partial charge is 0.404 e. The topological polar surface area (TPSA) is 87.0 Å². The normalized spacial score (nSPS) is 38.2. The molecule has 0 saturated heterocycles. The fourth-order valence-corrected chi connectivity index (χ4v) is 6.11. The third-order valence-electron chi connectivity index (χ3n) is 6.87. The lowest BCUT2D eigenvalue weighted by atomic mass is 9.55. The van der Waals surface area contributed by atoms with Gasteiger partial charge in [0.15, 0.2) is 0 Å². The zero-order valence-corrected chi connectivity index (χ0v) is 14.8. The predicted molar refractivity (Wildman–Crippen MR) is 89.7 cm³/mol. The SMILES string of the molecule is C[C@]12CCC3c4ccc(OP(=O)(O)O)cc4CCC3C1CC[C@@H]2O. The van der Waals surface area contributed by atoms with Gasteiger partial charge >= 0.3 is 7.82 Å². The first-order valence-corrected chi connectivity index (χ1v) is 10.4. The summed E-state index contributed by atoms with van der Waals surface area (Å²) in [6, 6.07) is 5.46. The number of hydrogen-bond donors (Lipinski definition) is 3. The van der Waals surface area contributed by atoms with Crippen molar-refractivity contribution in [3.63, 3.8) is 0 Å². The molecule has 0 heterocycles. The predicted octanol–water partition coefficient (Wildman–Crippen LogP) is 3.38. The lowest BCUT2D eigenvalue weighted by Crippen LogP contribution is -2.43. The van der Waals surface area contributed by atoms with Crippen molar-refractivity contribution in [2.45, 2.75) is 57.5 Å². The van der Waals surface area contributed by atoms with Gasteiger partial charge in [-0.25, -0.2) is 4.57 Å². The average molecular weight is 352 g/mol. The largest absolute Gasteiger partial charge is 0.524 e. The summed E-state index contributed by atoms with van der Waals surface area (Å²) in [4.78, 5) is 18.0. The summed E-state index contributed by atoms with van der Waals surface area (Å²) in [5.41, 5.74) is 2.54. The van der Waals surface area contributed by atoms with E-state index in [4.69, 9.17) is 14.3 Å². The average Bonchev–Trinajstić information content (AvgIpc) is 2.81. The van der Waals surface area contributed by atoms with Gasteiger partial charge in [0.1, 0.15) is 5.75 Å². The van der Waals surface area contributed by atoms with Crippen molar-refractivity contribution in [2.24, 2.45) is 17.3 Å². The van der Waals surface area contributed by atoms with E-state index in [1.54, 1.807) is 12.1 Å². The Morgan fingerprint density at radius 3 is 2.75 bits per heavy atom. The van der Waals surface area contributed by atoms with E-state index in [1.807, 2.05) is 6.07 Å². The van der Waals surface area contributed by atoms with Gasteiger partial charge in [0.05, 0.1) is 6.10 Å². The summed E-state index contributed by atoms with van der Waals surface area (Å²) in [7, 11) is -4.51. The maximum absolute atomic E-state index is 11.0. The molecule has 0 spiro atoms. The fraction of sp³-hybridized carbons (Fsp3) is 0.667. The van der Waals surface area contributed by atoms with Crippen LogP contribution in [0.1, 0.15) is 56.1 Å². The number of rotatable bonds is 2. The summed E-state index contributed by atoms with van der Waals surface area (Å²) in [6.45, 7) is 2.26. The quantitative estimate of drug-likeness (QED) is 0.711. The molecule has 1 aromatic carbocycles. The lowest BCUT2D eigenvalue weighted by molar-refractivity contribution is -0.0226. The Bertz CT molecular complexity index is 699. The van der Waals surface area contributed by atoms with Gasteiger partial charge in [-0.2, -0.15) is 0 Å². The number of hydrogen-bond acceptors (Lipinski definition) is 3. The molecule has 132 valence electrons. The van der Waals surface area contributed by atoms with Crippen LogP contribution in [0.2, 0.25) is 0 Å². The van der Waals surface area contributed by atoms with Gasteiger partial charge in [0, 0.05) is 0 Å². The highest BCUT2D eigenvalue weighted by Crippen LogP contribution is 2.61. The number of aryl methyl sites for hydroxylation is 1. The minimum absolute atomic E-state index is 0.0716. The Morgan fingerprint density at radius 2 is 2.00 bits per heavy atom. The number of phosphoric acid groups is 1. The van der Waals surface area contributed by atoms with Gasteiger partial charge in [-0.15, -0.1) is 0 Å². The molecule has 6 heteroatoms. The van der Waals surface area contributed by atoms with Crippen molar-refractivity contribution in [3.8, 4) is 5.75 Å². The summed E-state index contributed by atoms with van der Waals surface area (Å²) in [6.07, 6.45) is 6.02. The molecule has 0 amide bonds. The van der Waals surface area contributed by atoms with Crippen LogP contribution in [-0.2, 0) is 11.0 Å². The molecule has 4 rings (SSSR count). The van der Waals surface area contributed by atoms with Gasteiger partial charge in [-0.3, -0.25) is 9.79 Å². The van der Waals surface area contributed by atoms with E-state index in [0.29, 0.717) is 17.8 Å². The Morgan fingerprint density at radius 1 is 1.21 bits per heavy atom. The molecular weight excluding hydrogens is 327 g/mol. The fourth-order valence-electron chi connectivity index (χ4n) is 5.73. The van der Waals surface area contributed by atoms with Crippen LogP contribution < -0.4 is 4.52 Å². The highest BCUT2D eigenvalue weighted by atomic mass is 31.2. The van der Waals surface area contributed by atoms with Crippen LogP contribution in [0, 0.1) is 17.3 Å². The van der Waals surface area contributed by atoms with Crippen LogP contribution in [0.5, 0.6) is 5.75 Å². The van der Waals surface area contributed by atoms with E-state index in [0.717, 1.165) is 44.1 Å². The number of aliphatic hydroxyl groups is 1. The Labute approximate surface area is 142 Å². The standard InChI is InChI=1S/C18H25O5P/c1-18-9-8-14-13-5-3-12(23-24(20,21)22)10-11(13)2-4-15(14)16(18)6-7-17(18)19/h3,5,10,14-17,19H,2,4,6-9H2,1H3,(H2,20,21,22)/t14?,15?,16?,17-,18-/m0/s1. The van der Waals surface area contributed by atoms with Crippen LogP contribution in [-0.4, -0.2) is 21.0 Å². The molecule has 3 unspecified atom stereocenters. The molecule has 24 heavy (non-hydrogen) atoms. The van der Waals surface area contributed by atoms with E-state index in [2.05, 4.69) is 6.92 Å². The molecule has 1 aromatic rings. The molecule has 0 aromatic heterocycles. The van der Waals surface area contributed by atoms with Gasteiger partial charge in [0.2, 0.25) is 0 Å². The molecule has 3 aliphatic rings. The second-order valence-electron chi connectivity index (χ2n) is 8.00. The number of fused-ring (bicyclic) bond motifs is 5. The molecule has 0 bridgehead atoms. The van der Waals surface area contributed by atoms with Crippen molar-refractivity contribution in [3.05, 3.63) is 29.3 Å². The Kier molecular flexibility index (Phi) is 3.85. The third-order valence-corrected chi connectivity index (χ3v) is 7.32. The van der Waals surface area contributed by atoms with Crippen molar-refractivity contribution < 1.29 is 24.0 Å². The minimum Gasteiger partial charge on any atom is -0.404 e. The van der Waals surface area contributed by atoms with E-state index < -0.39 is 7.82 Å². The lowest BCUT2D eigenvalue weighted by Gasteiger charge is -2.50. The highest BCUT2D eigenvalue weighted by Gasteiger charge is 2.54. The van der Waals surface area contributed by atoms with Crippen LogP contribution >= 0.6 is 7.82 Å². The molecule has 3 N–H and O–H groups in total. The molecule has 2 saturated carbocycles. The molecule has 5 nitrogen and oxygen atoms in total. The maximum atomic E-state index is 11.0. The van der Waals surface area contributed by atoms with Gasteiger partial charge in [-0.05, 0) is 85.0 Å². The van der Waals surface area contributed by atoms with E-state index in [1.165, 1.54) is 5.56 Å². The van der Waals surface area contributed by atoms with Crippen LogP contribution in [0.25, 0.3) is 0 Å². The Balaban J connectivity index is 1.62. The van der Waals surface area contributed by atoms with Crippen LogP contribution in [0.4, 0.5) is 0 Å². The minimum atomic E-state index is -4.51. The van der Waals surface area contributed by atoms with Crippen LogP contribution in [0.3, 0.4) is 0 Å². The summed E-state index contributed by atoms with van der Waals surface area (Å²) in [5, 5.41) is 10.4. The van der Waals surface area contributed by atoms with Crippen molar-refractivity contribution in [1.29, 1.82) is 0 Å². The summed E-state index contributed by atoms with van der Waals surface area (Å²) >= 11 is 0. The zero-order chi connectivity index (χ0) is 17.1. The zero-order valence-electron chi connectivity index (χ0n) is 13.9. The molecule has 5 atom stereocenters. The summed E-state index contributed by atoms with van der Waals surface area (Å²) < 4.78 is 15.8. The maximum Gasteiger partial charge on any atom is 0.524 e. The van der Waals surface area contributed by atoms with E-state index >= 15 is 0 Å². The third kappa shape index (κ3) is 2.62. The van der Waals surface area contributed by atoms with Gasteiger partial charge in [-0.1, -0.05) is 13.0 Å². The Hall–Kier alpha value is -0.870. The molecular formula is C18H25O5P. The van der Waals surface area contributed by atoms with Crippen LogP contribution in [0.15, 0.2) is 18.2 Å². The second-order valence-corrected chi connectivity index (χ2v) is 9.16. The first-order valence-electron chi connectivity index (χ1n) is 8.84. The number of benzene rings is 1. The molecule has 0 radical (unpaired) electrons. The monoisotopic (exact) mass is 352 g/mol. The van der Waals surface area contributed by atoms with E-state index in [-0.39, 0.29) is 17.3 Å². The van der Waals surface area contributed by atoms with Gasteiger partial charge < -0.3 is 9.63 Å². The molecule has 2 fully saturated rings. The van der Waals surface area contributed by atoms with Crippen molar-refractivity contribution in [2.75, 3.05) is 0 Å².